The first-order valence-electron chi connectivity index (χ1n) is 7.63. The molecule has 0 spiro atoms. The Hall–Kier alpha value is -3.63. The third-order valence-corrected chi connectivity index (χ3v) is 3.53. The lowest BCUT2D eigenvalue weighted by molar-refractivity contribution is 0.100. The summed E-state index contributed by atoms with van der Waals surface area (Å²) in [4.78, 5) is 19.6. The van der Waals surface area contributed by atoms with Crippen molar-refractivity contribution in [1.82, 2.24) is 19.7 Å². The van der Waals surface area contributed by atoms with E-state index in [0.717, 1.165) is 6.07 Å². The zero-order valence-electron chi connectivity index (χ0n) is 14.0. The Morgan fingerprint density at radius 3 is 2.70 bits per heavy atom. The van der Waals surface area contributed by atoms with E-state index in [9.17, 15) is 18.0 Å². The van der Waals surface area contributed by atoms with Gasteiger partial charge in [-0.15, -0.1) is 0 Å². The van der Waals surface area contributed by atoms with Crippen LogP contribution in [0.5, 0.6) is 0 Å². The van der Waals surface area contributed by atoms with Crippen LogP contribution in [0.3, 0.4) is 0 Å². The van der Waals surface area contributed by atoms with Crippen LogP contribution in [0, 0.1) is 17.5 Å². The summed E-state index contributed by atoms with van der Waals surface area (Å²) in [5.74, 6) is -4.18. The molecule has 0 fully saturated rings. The molecule has 2 heterocycles. The zero-order valence-corrected chi connectivity index (χ0v) is 14.0. The fraction of sp³-hybridized carbons (Fsp3) is 0.125. The molecule has 8 nitrogen and oxygen atoms in total. The fourth-order valence-electron chi connectivity index (χ4n) is 2.29. The number of aromatic nitrogens is 4. The summed E-state index contributed by atoms with van der Waals surface area (Å²) in [6.45, 7) is -0.329. The summed E-state index contributed by atoms with van der Waals surface area (Å²) in [6, 6.07) is 1.28. The Balaban J connectivity index is 1.86. The van der Waals surface area contributed by atoms with Crippen LogP contribution in [-0.2, 0) is 13.6 Å². The van der Waals surface area contributed by atoms with Crippen molar-refractivity contribution in [1.29, 1.82) is 0 Å². The van der Waals surface area contributed by atoms with E-state index in [4.69, 9.17) is 5.73 Å². The highest BCUT2D eigenvalue weighted by Gasteiger charge is 2.15. The van der Waals surface area contributed by atoms with Crippen molar-refractivity contribution in [2.45, 2.75) is 6.54 Å². The molecule has 0 radical (unpaired) electrons. The van der Waals surface area contributed by atoms with E-state index >= 15 is 0 Å². The summed E-state index contributed by atoms with van der Waals surface area (Å²) in [5.41, 5.74) is 5.53. The number of carbonyl (C=O) groups excluding carboxylic acids is 1. The van der Waals surface area contributed by atoms with Gasteiger partial charge in [0.1, 0.15) is 11.6 Å². The van der Waals surface area contributed by atoms with Crippen molar-refractivity contribution in [2.75, 3.05) is 10.6 Å². The van der Waals surface area contributed by atoms with Crippen LogP contribution >= 0.6 is 0 Å². The molecule has 27 heavy (non-hydrogen) atoms. The van der Waals surface area contributed by atoms with Gasteiger partial charge >= 0.3 is 0 Å². The molecule has 0 bridgehead atoms. The highest BCUT2D eigenvalue weighted by molar-refractivity contribution is 5.97. The molecule has 0 aliphatic heterocycles. The van der Waals surface area contributed by atoms with E-state index in [0.29, 0.717) is 11.8 Å². The van der Waals surface area contributed by atoms with E-state index in [1.807, 2.05) is 0 Å². The average molecular weight is 377 g/mol. The van der Waals surface area contributed by atoms with Crippen LogP contribution in [0.2, 0.25) is 0 Å². The predicted octanol–water partition coefficient (Wildman–Crippen LogP) is 2.08. The number of nitrogens with two attached hydrogens (primary N) is 1. The van der Waals surface area contributed by atoms with Gasteiger partial charge in [-0.3, -0.25) is 9.48 Å². The number of halogens is 3. The maximum atomic E-state index is 13.8. The third kappa shape index (κ3) is 4.14. The van der Waals surface area contributed by atoms with Gasteiger partial charge in [0.25, 0.3) is 5.91 Å². The smallest absolute Gasteiger partial charge is 0.254 e. The highest BCUT2D eigenvalue weighted by Crippen LogP contribution is 2.20. The van der Waals surface area contributed by atoms with Crippen molar-refractivity contribution < 1.29 is 18.0 Å². The summed E-state index contributed by atoms with van der Waals surface area (Å²) >= 11 is 0. The Morgan fingerprint density at radius 1 is 1.26 bits per heavy atom. The minimum absolute atomic E-state index is 0.0204. The number of carbonyl (C=O) groups is 1. The van der Waals surface area contributed by atoms with Crippen molar-refractivity contribution >= 4 is 23.4 Å². The Labute approximate surface area is 151 Å². The number of nitrogens with one attached hydrogen (secondary N) is 2. The summed E-state index contributed by atoms with van der Waals surface area (Å²) in [7, 11) is 1.72. The van der Waals surface area contributed by atoms with Gasteiger partial charge < -0.3 is 16.4 Å². The molecule has 3 aromatic rings. The number of amides is 1. The van der Waals surface area contributed by atoms with E-state index in [1.54, 1.807) is 17.9 Å². The first kappa shape index (κ1) is 18.2. The molecule has 1 aromatic carbocycles. The predicted molar refractivity (Wildman–Crippen MR) is 90.7 cm³/mol. The number of benzene rings is 1. The van der Waals surface area contributed by atoms with Gasteiger partial charge in [-0.05, 0) is 6.07 Å². The highest BCUT2D eigenvalue weighted by atomic mass is 19.2. The van der Waals surface area contributed by atoms with Crippen molar-refractivity contribution in [3.8, 4) is 0 Å². The summed E-state index contributed by atoms with van der Waals surface area (Å²) in [5, 5.41) is 9.50. The van der Waals surface area contributed by atoms with Gasteiger partial charge in [0.15, 0.2) is 11.6 Å². The Kier molecular flexibility index (Phi) is 4.92. The van der Waals surface area contributed by atoms with Crippen LogP contribution in [0.25, 0.3) is 0 Å². The quantitative estimate of drug-likeness (QED) is 0.567. The Morgan fingerprint density at radius 2 is 2.04 bits per heavy atom. The van der Waals surface area contributed by atoms with Crippen LogP contribution in [0.4, 0.5) is 30.6 Å². The lowest BCUT2D eigenvalue weighted by Gasteiger charge is -2.11. The number of hydrogen-bond acceptors (Lipinski definition) is 6. The molecule has 0 aliphatic rings. The lowest BCUT2D eigenvalue weighted by Crippen LogP contribution is -2.17. The first-order valence-corrected chi connectivity index (χ1v) is 7.63. The second-order valence-electron chi connectivity index (χ2n) is 5.56. The minimum atomic E-state index is -1.32. The molecule has 3 rings (SSSR count). The number of anilines is 3. The molecule has 0 saturated carbocycles. The molecule has 11 heteroatoms. The lowest BCUT2D eigenvalue weighted by atomic mass is 10.2. The molecule has 140 valence electrons. The molecule has 1 amide bonds. The number of primary amides is 1. The van der Waals surface area contributed by atoms with Crippen molar-refractivity contribution in [2.24, 2.45) is 12.8 Å². The molecule has 2 aromatic heterocycles. The minimum Gasteiger partial charge on any atom is -0.365 e. The molecular formula is C16H14F3N7O. The zero-order chi connectivity index (χ0) is 19.6. The van der Waals surface area contributed by atoms with Gasteiger partial charge in [0.05, 0.1) is 17.4 Å². The normalized spacial score (nSPS) is 10.7. The van der Waals surface area contributed by atoms with Crippen LogP contribution in [0.15, 0.2) is 30.7 Å². The molecule has 0 unspecified atom stereocenters. The van der Waals surface area contributed by atoms with Gasteiger partial charge in [0, 0.05) is 37.6 Å². The van der Waals surface area contributed by atoms with Gasteiger partial charge in [0.2, 0.25) is 5.95 Å². The SMILES string of the molecule is Cn1cc(Nc2ncc(C(N)=O)c(NCc3cc(F)cc(F)c3F)n2)cn1. The maximum absolute atomic E-state index is 13.8. The van der Waals surface area contributed by atoms with Crippen LogP contribution in [0.1, 0.15) is 15.9 Å². The average Bonchev–Trinajstić information content (AvgIpc) is 3.01. The summed E-state index contributed by atoms with van der Waals surface area (Å²) < 4.78 is 42.0. The van der Waals surface area contributed by atoms with Gasteiger partial charge in [-0.2, -0.15) is 10.1 Å². The maximum Gasteiger partial charge on any atom is 0.254 e. The van der Waals surface area contributed by atoms with Crippen molar-refractivity contribution in [3.05, 3.63) is 59.3 Å². The number of nitrogens with zero attached hydrogens (tertiary/aromatic N) is 4. The topological polar surface area (TPSA) is 111 Å². The van der Waals surface area contributed by atoms with E-state index in [2.05, 4.69) is 25.7 Å². The molecule has 0 saturated heterocycles. The van der Waals surface area contributed by atoms with Crippen molar-refractivity contribution in [3.63, 3.8) is 0 Å². The molecule has 0 atom stereocenters. The molecular weight excluding hydrogens is 363 g/mol. The number of rotatable bonds is 6. The number of aryl methyl sites for hydroxylation is 1. The van der Waals surface area contributed by atoms with Crippen LogP contribution < -0.4 is 16.4 Å². The monoisotopic (exact) mass is 377 g/mol. The summed E-state index contributed by atoms with van der Waals surface area (Å²) in [6.07, 6.45) is 4.38. The van der Waals surface area contributed by atoms with E-state index < -0.39 is 23.4 Å². The molecule has 4 N–H and O–H groups in total. The second-order valence-corrected chi connectivity index (χ2v) is 5.56. The third-order valence-electron chi connectivity index (χ3n) is 3.53. The largest absolute Gasteiger partial charge is 0.365 e. The van der Waals surface area contributed by atoms with Gasteiger partial charge in [-0.1, -0.05) is 0 Å². The molecule has 0 aliphatic carbocycles. The number of hydrogen-bond donors (Lipinski definition) is 3. The van der Waals surface area contributed by atoms with E-state index in [-0.39, 0.29) is 29.4 Å². The first-order chi connectivity index (χ1) is 12.8. The standard InChI is InChI=1S/C16H14F3N7O/c1-26-7-10(5-23-26)24-16-22-6-11(14(20)27)15(25-16)21-4-8-2-9(17)3-12(18)13(8)19/h2-3,5-7H,4H2,1H3,(H2,20,27)(H2,21,22,24,25). The van der Waals surface area contributed by atoms with E-state index in [1.165, 1.54) is 12.4 Å². The fourth-order valence-corrected chi connectivity index (χ4v) is 2.29. The van der Waals surface area contributed by atoms with Crippen LogP contribution in [-0.4, -0.2) is 25.7 Å². The Bertz CT molecular complexity index is 1010. The van der Waals surface area contributed by atoms with Gasteiger partial charge in [-0.25, -0.2) is 18.2 Å². The second kappa shape index (κ2) is 7.32.